The van der Waals surface area contributed by atoms with E-state index in [1.807, 2.05) is 24.4 Å². The van der Waals surface area contributed by atoms with Crippen LogP contribution in [0.3, 0.4) is 0 Å². The van der Waals surface area contributed by atoms with Crippen LogP contribution >= 0.6 is 0 Å². The van der Waals surface area contributed by atoms with Crippen molar-refractivity contribution in [2.75, 3.05) is 62.8 Å². The van der Waals surface area contributed by atoms with E-state index in [1.165, 1.54) is 22.5 Å². The molecule has 182 valence electrons. The highest BCUT2D eigenvalue weighted by Gasteiger charge is 2.23. The van der Waals surface area contributed by atoms with Crippen molar-refractivity contribution in [3.05, 3.63) is 65.5 Å². The van der Waals surface area contributed by atoms with Crippen molar-refractivity contribution in [1.82, 2.24) is 14.9 Å². The van der Waals surface area contributed by atoms with Crippen LogP contribution in [0, 0.1) is 0 Å². The molecule has 0 amide bonds. The van der Waals surface area contributed by atoms with Gasteiger partial charge >= 0.3 is 0 Å². The Labute approximate surface area is 206 Å². The highest BCUT2D eigenvalue weighted by molar-refractivity contribution is 5.51. The molecule has 0 aliphatic carbocycles. The van der Waals surface area contributed by atoms with Gasteiger partial charge in [-0.15, -0.1) is 0 Å². The average Bonchev–Trinajstić information content (AvgIpc) is 2.93. The highest BCUT2D eigenvalue weighted by atomic mass is 16.6. The number of hydrogen-bond acceptors (Lipinski definition) is 8. The van der Waals surface area contributed by atoms with Crippen LogP contribution in [-0.4, -0.2) is 67.9 Å². The quantitative estimate of drug-likeness (QED) is 0.560. The number of methoxy groups -OCH3 is 1. The molecule has 8 heteroatoms. The number of nitrogens with zero attached hydrogens (tertiary/aromatic N) is 5. The summed E-state index contributed by atoms with van der Waals surface area (Å²) in [6.45, 7) is 7.72. The summed E-state index contributed by atoms with van der Waals surface area (Å²) in [5.74, 6) is 3.44. The minimum atomic E-state index is 0.615. The number of aromatic nitrogens is 2. The van der Waals surface area contributed by atoms with E-state index in [9.17, 15) is 0 Å². The number of ether oxygens (including phenoxy) is 3. The van der Waals surface area contributed by atoms with Crippen LogP contribution in [0.15, 0.2) is 48.7 Å². The third-order valence-corrected chi connectivity index (χ3v) is 7.01. The first-order valence-corrected chi connectivity index (χ1v) is 12.3. The molecule has 6 rings (SSSR count). The van der Waals surface area contributed by atoms with Gasteiger partial charge in [0.05, 0.1) is 12.8 Å². The number of rotatable bonds is 5. The first-order valence-electron chi connectivity index (χ1n) is 12.3. The second-order valence-corrected chi connectivity index (χ2v) is 9.25. The van der Waals surface area contributed by atoms with Crippen LogP contribution in [0.4, 0.5) is 11.6 Å². The van der Waals surface area contributed by atoms with Gasteiger partial charge in [-0.05, 0) is 42.0 Å². The Morgan fingerprint density at radius 3 is 2.46 bits per heavy atom. The molecule has 0 bridgehead atoms. The highest BCUT2D eigenvalue weighted by Crippen LogP contribution is 2.32. The fraction of sp³-hybridized carbons (Fsp3) is 0.407. The maximum absolute atomic E-state index is 5.75. The summed E-state index contributed by atoms with van der Waals surface area (Å²) in [4.78, 5) is 16.9. The number of hydrogen-bond donors (Lipinski definition) is 0. The molecule has 3 aliphatic heterocycles. The molecule has 0 radical (unpaired) electrons. The molecule has 1 saturated heterocycles. The van der Waals surface area contributed by atoms with Gasteiger partial charge in [-0.1, -0.05) is 6.07 Å². The second kappa shape index (κ2) is 9.62. The monoisotopic (exact) mass is 473 g/mol. The van der Waals surface area contributed by atoms with Crippen molar-refractivity contribution in [2.24, 2.45) is 0 Å². The summed E-state index contributed by atoms with van der Waals surface area (Å²) in [5.41, 5.74) is 4.89. The summed E-state index contributed by atoms with van der Waals surface area (Å²) >= 11 is 0. The van der Waals surface area contributed by atoms with Crippen molar-refractivity contribution < 1.29 is 14.2 Å². The molecule has 4 heterocycles. The lowest BCUT2D eigenvalue weighted by Crippen LogP contribution is -2.47. The first kappa shape index (κ1) is 22.0. The molecule has 0 unspecified atom stereocenters. The molecule has 35 heavy (non-hydrogen) atoms. The Hall–Kier alpha value is -3.52. The predicted octanol–water partition coefficient (Wildman–Crippen LogP) is 3.14. The second-order valence-electron chi connectivity index (χ2n) is 9.25. The lowest BCUT2D eigenvalue weighted by Gasteiger charge is -2.36. The lowest BCUT2D eigenvalue weighted by molar-refractivity contribution is 0.171. The maximum atomic E-state index is 5.75. The van der Waals surface area contributed by atoms with E-state index in [2.05, 4.69) is 39.0 Å². The normalized spacial score (nSPS) is 17.7. The van der Waals surface area contributed by atoms with Crippen LogP contribution in [0.1, 0.15) is 16.8 Å². The van der Waals surface area contributed by atoms with Crippen LogP contribution < -0.4 is 24.0 Å². The number of anilines is 2. The van der Waals surface area contributed by atoms with Crippen LogP contribution in [0.5, 0.6) is 17.2 Å². The van der Waals surface area contributed by atoms with Gasteiger partial charge in [0.1, 0.15) is 19.0 Å². The Bertz CT molecular complexity index is 1180. The van der Waals surface area contributed by atoms with Gasteiger partial charge in [-0.3, -0.25) is 4.90 Å². The van der Waals surface area contributed by atoms with Crippen molar-refractivity contribution in [3.8, 4) is 17.2 Å². The fourth-order valence-electron chi connectivity index (χ4n) is 5.05. The molecule has 0 N–H and O–H groups in total. The zero-order chi connectivity index (χ0) is 23.6. The van der Waals surface area contributed by atoms with Gasteiger partial charge in [-0.2, -0.15) is 0 Å². The molecule has 0 saturated carbocycles. The van der Waals surface area contributed by atoms with Gasteiger partial charge in [0.2, 0.25) is 5.95 Å². The van der Waals surface area contributed by atoms with E-state index in [0.717, 1.165) is 75.4 Å². The molecule has 2 aromatic carbocycles. The lowest BCUT2D eigenvalue weighted by atomic mass is 10.1. The Balaban J connectivity index is 1.06. The van der Waals surface area contributed by atoms with Gasteiger partial charge in [0.25, 0.3) is 0 Å². The largest absolute Gasteiger partial charge is 0.497 e. The van der Waals surface area contributed by atoms with Crippen molar-refractivity contribution in [1.29, 1.82) is 0 Å². The van der Waals surface area contributed by atoms with E-state index in [-0.39, 0.29) is 0 Å². The smallest absolute Gasteiger partial charge is 0.225 e. The van der Waals surface area contributed by atoms with E-state index >= 15 is 0 Å². The van der Waals surface area contributed by atoms with Gasteiger partial charge < -0.3 is 24.0 Å². The van der Waals surface area contributed by atoms with Crippen molar-refractivity contribution >= 4 is 11.6 Å². The molecule has 0 atom stereocenters. The molecule has 1 aromatic heterocycles. The summed E-state index contributed by atoms with van der Waals surface area (Å²) in [6, 6.07) is 14.5. The van der Waals surface area contributed by atoms with E-state index in [1.54, 1.807) is 7.11 Å². The predicted molar refractivity (Wildman–Crippen MR) is 135 cm³/mol. The Morgan fingerprint density at radius 2 is 1.66 bits per heavy atom. The molecular formula is C27H31N5O3. The summed E-state index contributed by atoms with van der Waals surface area (Å²) in [6.07, 6.45) is 2.98. The average molecular weight is 474 g/mol. The summed E-state index contributed by atoms with van der Waals surface area (Å²) in [7, 11) is 1.70. The number of fused-ring (bicyclic) bond motifs is 2. The summed E-state index contributed by atoms with van der Waals surface area (Å²) in [5, 5.41) is 0. The molecule has 1 fully saturated rings. The summed E-state index contributed by atoms with van der Waals surface area (Å²) < 4.78 is 16.7. The molecule has 8 nitrogen and oxygen atoms in total. The number of piperazine rings is 1. The van der Waals surface area contributed by atoms with Gasteiger partial charge in [0, 0.05) is 69.7 Å². The number of benzene rings is 2. The molecule has 3 aliphatic rings. The zero-order valence-electron chi connectivity index (χ0n) is 20.2. The minimum absolute atomic E-state index is 0.615. The zero-order valence-corrected chi connectivity index (χ0v) is 20.2. The van der Waals surface area contributed by atoms with Crippen LogP contribution in [0.2, 0.25) is 0 Å². The molecule has 0 spiro atoms. The topological polar surface area (TPSA) is 63.2 Å². The molecular weight excluding hydrogens is 442 g/mol. The fourth-order valence-corrected chi connectivity index (χ4v) is 5.05. The standard InChI is InChI=1S/C27H31N5O3/c1-33-23-5-3-22(4-6-23)31-10-12-32(13-11-31)27-28-17-21-19-30(9-8-24(21)29-27)18-20-2-7-25-26(16-20)35-15-14-34-25/h2-7,16-17H,8-15,18-19H2,1H3. The SMILES string of the molecule is COc1ccc(N2CCN(c3ncc4c(n3)CCN(Cc3ccc5c(c3)OCCO5)C4)CC2)cc1. The Kier molecular flexibility index (Phi) is 6.04. The van der Waals surface area contributed by atoms with E-state index in [0.29, 0.717) is 13.2 Å². The first-order chi connectivity index (χ1) is 17.2. The van der Waals surface area contributed by atoms with Crippen molar-refractivity contribution in [2.45, 2.75) is 19.5 Å². The third-order valence-electron chi connectivity index (χ3n) is 7.01. The van der Waals surface area contributed by atoms with E-state index < -0.39 is 0 Å². The minimum Gasteiger partial charge on any atom is -0.497 e. The third kappa shape index (κ3) is 4.71. The van der Waals surface area contributed by atoms with Gasteiger partial charge in [-0.25, -0.2) is 9.97 Å². The van der Waals surface area contributed by atoms with Crippen LogP contribution in [0.25, 0.3) is 0 Å². The maximum Gasteiger partial charge on any atom is 0.225 e. The van der Waals surface area contributed by atoms with Crippen LogP contribution in [-0.2, 0) is 19.5 Å². The van der Waals surface area contributed by atoms with E-state index in [4.69, 9.17) is 24.2 Å². The van der Waals surface area contributed by atoms with Crippen molar-refractivity contribution in [3.63, 3.8) is 0 Å². The molecule has 3 aromatic rings. The Morgan fingerprint density at radius 1 is 0.886 bits per heavy atom. The van der Waals surface area contributed by atoms with Gasteiger partial charge in [0.15, 0.2) is 11.5 Å².